The van der Waals surface area contributed by atoms with Crippen LogP contribution in [0.3, 0.4) is 0 Å². The zero-order valence-electron chi connectivity index (χ0n) is 20.9. The van der Waals surface area contributed by atoms with E-state index in [1.807, 2.05) is 27.7 Å². The van der Waals surface area contributed by atoms with E-state index in [0.717, 1.165) is 11.1 Å². The molecular weight excluding hydrogens is 462 g/mol. The van der Waals surface area contributed by atoms with Crippen LogP contribution >= 0.6 is 0 Å². The molecule has 1 N–H and O–H groups in total. The highest BCUT2D eigenvalue weighted by molar-refractivity contribution is 5.98. The number of carbonyl (C=O) groups excluding carboxylic acids is 2. The number of fused-ring (bicyclic) bond motifs is 3. The molecule has 2 aromatic carbocycles. The molecule has 10 nitrogen and oxygen atoms in total. The number of hydrogen-bond acceptors (Lipinski definition) is 6. The second-order valence-corrected chi connectivity index (χ2v) is 9.01. The highest BCUT2D eigenvalue weighted by Crippen LogP contribution is 2.17. The van der Waals surface area contributed by atoms with Gasteiger partial charge < -0.3 is 10.1 Å². The lowest BCUT2D eigenvalue weighted by atomic mass is 10.1. The Hall–Kier alpha value is -4.21. The van der Waals surface area contributed by atoms with Crippen LogP contribution in [0.15, 0.2) is 52.1 Å². The minimum absolute atomic E-state index is 0.0322. The molecule has 188 valence electrons. The van der Waals surface area contributed by atoms with E-state index >= 15 is 0 Å². The van der Waals surface area contributed by atoms with Gasteiger partial charge in [0, 0.05) is 23.2 Å². The number of carbonyl (C=O) groups is 2. The van der Waals surface area contributed by atoms with E-state index in [1.165, 1.54) is 22.1 Å². The van der Waals surface area contributed by atoms with Gasteiger partial charge in [0.05, 0.1) is 18.0 Å². The number of methoxy groups -OCH3 is 1. The van der Waals surface area contributed by atoms with Crippen molar-refractivity contribution in [2.75, 3.05) is 7.11 Å². The number of ether oxygens (including phenoxy) is 1. The molecule has 0 aliphatic heterocycles. The Morgan fingerprint density at radius 2 is 1.81 bits per heavy atom. The fourth-order valence-electron chi connectivity index (χ4n) is 4.02. The molecule has 0 spiro atoms. The number of hydrogen-bond donors (Lipinski definition) is 1. The third kappa shape index (κ3) is 4.41. The summed E-state index contributed by atoms with van der Waals surface area (Å²) < 4.78 is 8.92. The molecule has 10 heteroatoms. The second-order valence-electron chi connectivity index (χ2n) is 9.01. The zero-order chi connectivity index (χ0) is 26.1. The van der Waals surface area contributed by atoms with Crippen molar-refractivity contribution in [3.05, 3.63) is 74.4 Å². The van der Waals surface area contributed by atoms with Crippen molar-refractivity contribution >= 4 is 28.4 Å². The Bertz CT molecular complexity index is 1590. The van der Waals surface area contributed by atoms with E-state index < -0.39 is 5.69 Å². The van der Waals surface area contributed by atoms with Gasteiger partial charge in [-0.1, -0.05) is 19.1 Å². The van der Waals surface area contributed by atoms with Gasteiger partial charge in [-0.3, -0.25) is 19.0 Å². The minimum Gasteiger partial charge on any atom is -0.497 e. The molecule has 2 aromatic heterocycles. The topological polar surface area (TPSA) is 117 Å². The minimum atomic E-state index is -0.583. The molecule has 36 heavy (non-hydrogen) atoms. The summed E-state index contributed by atoms with van der Waals surface area (Å²) in [4.78, 5) is 52.5. The van der Waals surface area contributed by atoms with Gasteiger partial charge in [-0.15, -0.1) is 5.10 Å². The van der Waals surface area contributed by atoms with Gasteiger partial charge in [0.2, 0.25) is 5.78 Å². The Morgan fingerprint density at radius 1 is 1.06 bits per heavy atom. The van der Waals surface area contributed by atoms with Crippen LogP contribution in [-0.2, 0) is 6.54 Å². The average molecular weight is 492 g/mol. The number of aromatic nitrogens is 4. The van der Waals surface area contributed by atoms with E-state index in [2.05, 4.69) is 10.4 Å². The van der Waals surface area contributed by atoms with Crippen molar-refractivity contribution in [2.45, 2.75) is 52.7 Å². The number of nitrogens with zero attached hydrogens (tertiary/aromatic N) is 4. The molecular formula is C26H29N5O5. The quantitative estimate of drug-likeness (QED) is 0.379. The van der Waals surface area contributed by atoms with Crippen LogP contribution in [0.1, 0.15) is 60.9 Å². The third-order valence-electron chi connectivity index (χ3n) is 6.18. The maximum Gasteiger partial charge on any atom is 0.352 e. The van der Waals surface area contributed by atoms with Crippen LogP contribution in [0.2, 0.25) is 0 Å². The van der Waals surface area contributed by atoms with Crippen LogP contribution in [0, 0.1) is 0 Å². The van der Waals surface area contributed by atoms with E-state index in [4.69, 9.17) is 4.74 Å². The highest BCUT2D eigenvalue weighted by atomic mass is 16.5. The Kier molecular flexibility index (Phi) is 6.78. The van der Waals surface area contributed by atoms with Crippen LogP contribution in [0.25, 0.3) is 16.7 Å². The van der Waals surface area contributed by atoms with Crippen molar-refractivity contribution in [3.8, 4) is 5.75 Å². The molecule has 1 amide bonds. The molecule has 1 unspecified atom stereocenters. The molecule has 0 aliphatic carbocycles. The van der Waals surface area contributed by atoms with Gasteiger partial charge in [0.15, 0.2) is 5.78 Å². The summed E-state index contributed by atoms with van der Waals surface area (Å²) in [7, 11) is 1.50. The van der Waals surface area contributed by atoms with E-state index in [1.54, 1.807) is 36.4 Å². The van der Waals surface area contributed by atoms with Crippen LogP contribution in [0.5, 0.6) is 5.75 Å². The fraction of sp³-hybridized carbons (Fsp3) is 0.346. The first kappa shape index (κ1) is 24.9. The van der Waals surface area contributed by atoms with Crippen molar-refractivity contribution < 1.29 is 14.3 Å². The zero-order valence-corrected chi connectivity index (χ0v) is 20.9. The van der Waals surface area contributed by atoms with Gasteiger partial charge in [0.1, 0.15) is 12.3 Å². The summed E-state index contributed by atoms with van der Waals surface area (Å²) in [5.74, 6) is -0.0201. The van der Waals surface area contributed by atoms with Gasteiger partial charge in [-0.05, 0) is 57.5 Å². The lowest BCUT2D eigenvalue weighted by molar-refractivity contribution is 0.0937. The molecule has 0 saturated carbocycles. The number of rotatable bonds is 8. The smallest absolute Gasteiger partial charge is 0.352 e. The van der Waals surface area contributed by atoms with Gasteiger partial charge >= 0.3 is 5.69 Å². The summed E-state index contributed by atoms with van der Waals surface area (Å²) in [6.45, 7) is 7.16. The Morgan fingerprint density at radius 3 is 2.47 bits per heavy atom. The van der Waals surface area contributed by atoms with Crippen LogP contribution in [-0.4, -0.2) is 43.6 Å². The van der Waals surface area contributed by atoms with Gasteiger partial charge in [-0.2, -0.15) is 0 Å². The monoisotopic (exact) mass is 491 g/mol. The van der Waals surface area contributed by atoms with Gasteiger partial charge in [-0.25, -0.2) is 13.9 Å². The average Bonchev–Trinajstić information content (AvgIpc) is 3.18. The summed E-state index contributed by atoms with van der Waals surface area (Å²) in [5.41, 5.74) is 0.0258. The number of Topliss-reactive ketones (excluding diaryl/α,β-unsaturated/α-hetero) is 1. The summed E-state index contributed by atoms with van der Waals surface area (Å²) >= 11 is 0. The number of amides is 1. The molecule has 0 aliphatic rings. The maximum absolute atomic E-state index is 13.5. The predicted molar refractivity (Wildman–Crippen MR) is 136 cm³/mol. The van der Waals surface area contributed by atoms with Crippen molar-refractivity contribution in [1.82, 2.24) is 24.1 Å². The molecule has 0 saturated heterocycles. The Balaban J connectivity index is 1.89. The third-order valence-corrected chi connectivity index (χ3v) is 6.18. The number of nitrogens with one attached hydrogen (secondary N) is 1. The SMILES string of the molecule is CCC(C)NC(=O)c1ccc2c(=O)n(C(C)C)c3nn(CC(=O)c4cccc(OC)c4)c(=O)n3c2c1. The molecule has 4 aromatic rings. The second kappa shape index (κ2) is 9.80. The summed E-state index contributed by atoms with van der Waals surface area (Å²) in [6, 6.07) is 10.9. The van der Waals surface area contributed by atoms with Crippen LogP contribution in [0.4, 0.5) is 0 Å². The molecule has 1 atom stereocenters. The predicted octanol–water partition coefficient (Wildman–Crippen LogP) is 2.81. The first-order valence-corrected chi connectivity index (χ1v) is 11.8. The van der Waals surface area contributed by atoms with Crippen LogP contribution < -0.4 is 21.3 Å². The van der Waals surface area contributed by atoms with Crippen molar-refractivity contribution in [1.29, 1.82) is 0 Å². The lowest BCUT2D eigenvalue weighted by Gasteiger charge is -2.14. The van der Waals surface area contributed by atoms with Gasteiger partial charge in [0.25, 0.3) is 11.5 Å². The maximum atomic E-state index is 13.5. The molecule has 0 bridgehead atoms. The van der Waals surface area contributed by atoms with E-state index in [9.17, 15) is 19.2 Å². The molecule has 4 rings (SSSR count). The number of benzene rings is 2. The number of ketones is 1. The first-order chi connectivity index (χ1) is 17.2. The molecule has 2 heterocycles. The Labute approximate surface area is 207 Å². The molecule has 0 radical (unpaired) electrons. The molecule has 0 fully saturated rings. The standard InChI is InChI=1S/C26H29N5O5/c1-6-16(4)27-23(33)18-10-11-20-21(13-18)31-25(30(15(2)3)24(20)34)28-29(26(31)35)14-22(32)17-8-7-9-19(12-17)36-5/h7-13,15-16H,6,14H2,1-5H3,(H,27,33). The van der Waals surface area contributed by atoms with E-state index in [-0.39, 0.29) is 52.6 Å². The fourth-order valence-corrected chi connectivity index (χ4v) is 4.02. The highest BCUT2D eigenvalue weighted by Gasteiger charge is 2.22. The normalized spacial score (nSPS) is 12.3. The summed E-state index contributed by atoms with van der Waals surface area (Å²) in [6.07, 6.45) is 0.760. The summed E-state index contributed by atoms with van der Waals surface area (Å²) in [5, 5.41) is 7.53. The van der Waals surface area contributed by atoms with Crippen molar-refractivity contribution in [2.24, 2.45) is 0 Å². The van der Waals surface area contributed by atoms with Crippen molar-refractivity contribution in [3.63, 3.8) is 0 Å². The first-order valence-electron chi connectivity index (χ1n) is 11.8. The lowest BCUT2D eigenvalue weighted by Crippen LogP contribution is -2.32. The largest absolute Gasteiger partial charge is 0.497 e. The van der Waals surface area contributed by atoms with E-state index in [0.29, 0.717) is 16.9 Å².